The molecule has 1 fully saturated rings. The first-order chi connectivity index (χ1) is 13.0. The number of nitrogens with zero attached hydrogens (tertiary/aromatic N) is 3. The highest BCUT2D eigenvalue weighted by atomic mass is 32.2. The quantitative estimate of drug-likeness (QED) is 0.725. The van der Waals surface area contributed by atoms with Crippen molar-refractivity contribution < 1.29 is 17.7 Å². The number of amides is 1. The first-order valence-electron chi connectivity index (χ1n) is 8.33. The van der Waals surface area contributed by atoms with Gasteiger partial charge in [0.1, 0.15) is 0 Å². The molecular formula is C18H16N4O4S. The Hall–Kier alpha value is -3.20. The van der Waals surface area contributed by atoms with Gasteiger partial charge in [0.05, 0.1) is 4.90 Å². The third kappa shape index (κ3) is 3.54. The Bertz CT molecular complexity index is 1060. The van der Waals surface area contributed by atoms with Gasteiger partial charge in [-0.05, 0) is 42.8 Å². The Morgan fingerprint density at radius 3 is 2.63 bits per heavy atom. The molecule has 0 aliphatic carbocycles. The van der Waals surface area contributed by atoms with Gasteiger partial charge in [0, 0.05) is 42.7 Å². The molecule has 9 heteroatoms. The number of carbonyl (C=O) groups is 1. The molecule has 0 radical (unpaired) electrons. The van der Waals surface area contributed by atoms with Crippen molar-refractivity contribution in [2.75, 3.05) is 16.2 Å². The maximum Gasteiger partial charge on any atom is 0.263 e. The van der Waals surface area contributed by atoms with E-state index >= 15 is 0 Å². The SMILES string of the molecule is O=C1CCCN1c1ccc(S(=O)(=O)Nc2cc(-c3cccnc3)on2)cc1. The summed E-state index contributed by atoms with van der Waals surface area (Å²) in [5.74, 6) is 0.533. The number of hydrogen-bond acceptors (Lipinski definition) is 6. The Kier molecular flexibility index (Phi) is 4.36. The van der Waals surface area contributed by atoms with Crippen molar-refractivity contribution in [1.82, 2.24) is 10.1 Å². The average Bonchev–Trinajstić information content (AvgIpc) is 3.31. The van der Waals surface area contributed by atoms with Crippen LogP contribution in [0.15, 0.2) is 64.3 Å². The van der Waals surface area contributed by atoms with Crippen LogP contribution in [0.1, 0.15) is 12.8 Å². The van der Waals surface area contributed by atoms with Gasteiger partial charge in [-0.2, -0.15) is 0 Å². The van der Waals surface area contributed by atoms with Gasteiger partial charge in [-0.3, -0.25) is 14.5 Å². The van der Waals surface area contributed by atoms with Gasteiger partial charge < -0.3 is 9.42 Å². The molecular weight excluding hydrogens is 368 g/mol. The van der Waals surface area contributed by atoms with Crippen LogP contribution in [0.2, 0.25) is 0 Å². The van der Waals surface area contributed by atoms with Gasteiger partial charge in [-0.1, -0.05) is 5.16 Å². The number of pyridine rings is 1. The fourth-order valence-corrected chi connectivity index (χ4v) is 3.87. The smallest absolute Gasteiger partial charge is 0.263 e. The highest BCUT2D eigenvalue weighted by Gasteiger charge is 2.23. The number of anilines is 2. The van der Waals surface area contributed by atoms with Crippen molar-refractivity contribution in [2.24, 2.45) is 0 Å². The van der Waals surface area contributed by atoms with Crippen molar-refractivity contribution in [3.05, 3.63) is 54.9 Å². The Labute approximate surface area is 155 Å². The third-order valence-electron chi connectivity index (χ3n) is 4.23. The lowest BCUT2D eigenvalue weighted by molar-refractivity contribution is -0.117. The number of aromatic nitrogens is 2. The number of nitrogens with one attached hydrogen (secondary N) is 1. The van der Waals surface area contributed by atoms with E-state index in [1.165, 1.54) is 18.2 Å². The van der Waals surface area contributed by atoms with Gasteiger partial charge in [-0.15, -0.1) is 0 Å². The van der Waals surface area contributed by atoms with Gasteiger partial charge in [-0.25, -0.2) is 8.42 Å². The van der Waals surface area contributed by atoms with E-state index in [4.69, 9.17) is 4.52 Å². The van der Waals surface area contributed by atoms with E-state index in [-0.39, 0.29) is 16.6 Å². The molecule has 0 saturated carbocycles. The molecule has 138 valence electrons. The Morgan fingerprint density at radius 1 is 1.15 bits per heavy atom. The van der Waals surface area contributed by atoms with Crippen LogP contribution in [0, 0.1) is 0 Å². The molecule has 8 nitrogen and oxygen atoms in total. The van der Waals surface area contributed by atoms with Crippen molar-refractivity contribution in [3.63, 3.8) is 0 Å². The molecule has 3 heterocycles. The van der Waals surface area contributed by atoms with Crippen molar-refractivity contribution in [2.45, 2.75) is 17.7 Å². The second-order valence-electron chi connectivity index (χ2n) is 6.07. The molecule has 1 aliphatic rings. The second kappa shape index (κ2) is 6.84. The van der Waals surface area contributed by atoms with E-state index in [0.29, 0.717) is 30.0 Å². The number of hydrogen-bond donors (Lipinski definition) is 1. The fourth-order valence-electron chi connectivity index (χ4n) is 2.89. The molecule has 4 rings (SSSR count). The van der Waals surface area contributed by atoms with Gasteiger partial charge in [0.2, 0.25) is 5.91 Å². The molecule has 0 atom stereocenters. The number of carbonyl (C=O) groups excluding carboxylic acids is 1. The van der Waals surface area contributed by atoms with Crippen LogP contribution in [0.25, 0.3) is 11.3 Å². The summed E-state index contributed by atoms with van der Waals surface area (Å²) in [6.45, 7) is 0.652. The average molecular weight is 384 g/mol. The number of sulfonamides is 1. The predicted molar refractivity (Wildman–Crippen MR) is 98.6 cm³/mol. The van der Waals surface area contributed by atoms with Crippen LogP contribution >= 0.6 is 0 Å². The highest BCUT2D eigenvalue weighted by Crippen LogP contribution is 2.25. The van der Waals surface area contributed by atoms with Crippen molar-refractivity contribution >= 4 is 27.4 Å². The van der Waals surface area contributed by atoms with Crippen LogP contribution in [0.3, 0.4) is 0 Å². The Balaban J connectivity index is 1.52. The molecule has 1 aliphatic heterocycles. The van der Waals surface area contributed by atoms with Crippen molar-refractivity contribution in [1.29, 1.82) is 0 Å². The van der Waals surface area contributed by atoms with E-state index in [1.807, 2.05) is 0 Å². The maximum atomic E-state index is 12.6. The maximum absolute atomic E-state index is 12.6. The molecule has 3 aromatic rings. The van der Waals surface area contributed by atoms with Crippen LogP contribution in [-0.2, 0) is 14.8 Å². The summed E-state index contributed by atoms with van der Waals surface area (Å²) in [5.41, 5.74) is 1.38. The van der Waals surface area contributed by atoms with Crippen LogP contribution in [0.4, 0.5) is 11.5 Å². The zero-order valence-electron chi connectivity index (χ0n) is 14.2. The molecule has 1 saturated heterocycles. The largest absolute Gasteiger partial charge is 0.354 e. The molecule has 1 aromatic carbocycles. The molecule has 27 heavy (non-hydrogen) atoms. The lowest BCUT2D eigenvalue weighted by Crippen LogP contribution is -2.23. The lowest BCUT2D eigenvalue weighted by atomic mass is 10.2. The first-order valence-corrected chi connectivity index (χ1v) is 9.82. The predicted octanol–water partition coefficient (Wildman–Crippen LogP) is 2.66. The number of rotatable bonds is 5. The summed E-state index contributed by atoms with van der Waals surface area (Å²) in [6.07, 6.45) is 4.55. The third-order valence-corrected chi connectivity index (χ3v) is 5.60. The minimum absolute atomic E-state index is 0.0502. The second-order valence-corrected chi connectivity index (χ2v) is 7.75. The van der Waals surface area contributed by atoms with E-state index in [0.717, 1.165) is 6.42 Å². The number of benzene rings is 1. The molecule has 1 N–H and O–H groups in total. The molecule has 2 aromatic heterocycles. The zero-order chi connectivity index (χ0) is 18.9. The summed E-state index contributed by atoms with van der Waals surface area (Å²) in [5, 5.41) is 3.75. The van der Waals surface area contributed by atoms with E-state index in [9.17, 15) is 13.2 Å². The summed E-state index contributed by atoms with van der Waals surface area (Å²) in [6, 6.07) is 11.2. The van der Waals surface area contributed by atoms with E-state index in [2.05, 4.69) is 14.9 Å². The minimum Gasteiger partial charge on any atom is -0.354 e. The van der Waals surface area contributed by atoms with Crippen LogP contribution < -0.4 is 9.62 Å². The molecule has 0 bridgehead atoms. The topological polar surface area (TPSA) is 105 Å². The standard InChI is InChI=1S/C18H16N4O4S/c23-18-4-2-10-22(18)14-5-7-15(8-6-14)27(24,25)21-17-11-16(26-20-17)13-3-1-9-19-12-13/h1,3,5-9,11-12H,2,4,10H2,(H,20,21). The summed E-state index contributed by atoms with van der Waals surface area (Å²) >= 11 is 0. The van der Waals surface area contributed by atoms with E-state index < -0.39 is 10.0 Å². The molecule has 1 amide bonds. The zero-order valence-corrected chi connectivity index (χ0v) is 15.0. The summed E-state index contributed by atoms with van der Waals surface area (Å²) in [4.78, 5) is 17.5. The van der Waals surface area contributed by atoms with Crippen LogP contribution in [0.5, 0.6) is 0 Å². The van der Waals surface area contributed by atoms with Gasteiger partial charge >= 0.3 is 0 Å². The van der Waals surface area contributed by atoms with Gasteiger partial charge in [0.15, 0.2) is 11.6 Å². The highest BCUT2D eigenvalue weighted by molar-refractivity contribution is 7.92. The minimum atomic E-state index is -3.83. The summed E-state index contributed by atoms with van der Waals surface area (Å²) < 4.78 is 32.7. The lowest BCUT2D eigenvalue weighted by Gasteiger charge is -2.15. The normalized spacial score (nSPS) is 14.5. The fraction of sp³-hybridized carbons (Fsp3) is 0.167. The molecule has 0 unspecified atom stereocenters. The van der Waals surface area contributed by atoms with E-state index in [1.54, 1.807) is 41.6 Å². The first kappa shape index (κ1) is 17.2. The Morgan fingerprint density at radius 2 is 1.96 bits per heavy atom. The monoisotopic (exact) mass is 384 g/mol. The molecule has 0 spiro atoms. The summed E-state index contributed by atoms with van der Waals surface area (Å²) in [7, 11) is -3.83. The van der Waals surface area contributed by atoms with Gasteiger partial charge in [0.25, 0.3) is 10.0 Å². The van der Waals surface area contributed by atoms with Crippen molar-refractivity contribution in [3.8, 4) is 11.3 Å². The van der Waals surface area contributed by atoms with Crippen LogP contribution in [-0.4, -0.2) is 31.0 Å².